The van der Waals surface area contributed by atoms with Crippen molar-refractivity contribution in [2.75, 3.05) is 5.32 Å². The standard InChI is InChI=1S/C20H27N/c1-4-11-18(6-3)21-20-16(5-2)14-10-15-19(20)17-12-8-7-9-13-17/h7-10,12-15,18,21H,4-6,11H2,1-3H3. The topological polar surface area (TPSA) is 12.0 Å². The molecule has 0 aliphatic carbocycles. The highest BCUT2D eigenvalue weighted by Crippen LogP contribution is 2.32. The maximum atomic E-state index is 3.82. The fourth-order valence-corrected chi connectivity index (χ4v) is 2.85. The summed E-state index contributed by atoms with van der Waals surface area (Å²) in [6.07, 6.45) is 4.68. The molecule has 112 valence electrons. The van der Waals surface area contributed by atoms with Crippen LogP contribution in [0.2, 0.25) is 0 Å². The molecule has 2 aromatic carbocycles. The van der Waals surface area contributed by atoms with Crippen LogP contribution in [0.5, 0.6) is 0 Å². The van der Waals surface area contributed by atoms with Gasteiger partial charge in [0, 0.05) is 17.3 Å². The average molecular weight is 281 g/mol. The van der Waals surface area contributed by atoms with E-state index in [1.54, 1.807) is 0 Å². The number of aryl methyl sites for hydroxylation is 1. The van der Waals surface area contributed by atoms with E-state index in [2.05, 4.69) is 74.6 Å². The third kappa shape index (κ3) is 3.87. The second-order valence-electron chi connectivity index (χ2n) is 5.60. The van der Waals surface area contributed by atoms with Gasteiger partial charge in [0.25, 0.3) is 0 Å². The van der Waals surface area contributed by atoms with Gasteiger partial charge >= 0.3 is 0 Å². The predicted octanol–water partition coefficient (Wildman–Crippen LogP) is 5.91. The molecule has 0 saturated heterocycles. The Kier molecular flexibility index (Phi) is 5.86. The number of para-hydroxylation sites is 1. The van der Waals surface area contributed by atoms with E-state index in [4.69, 9.17) is 0 Å². The molecule has 1 unspecified atom stereocenters. The zero-order valence-electron chi connectivity index (χ0n) is 13.5. The van der Waals surface area contributed by atoms with Crippen LogP contribution in [0.25, 0.3) is 11.1 Å². The molecule has 2 rings (SSSR count). The summed E-state index contributed by atoms with van der Waals surface area (Å²) < 4.78 is 0. The number of benzene rings is 2. The first-order valence-electron chi connectivity index (χ1n) is 8.23. The first-order valence-corrected chi connectivity index (χ1v) is 8.23. The third-order valence-electron chi connectivity index (χ3n) is 4.09. The van der Waals surface area contributed by atoms with E-state index in [0.29, 0.717) is 6.04 Å². The van der Waals surface area contributed by atoms with Gasteiger partial charge in [0.05, 0.1) is 0 Å². The van der Waals surface area contributed by atoms with Crippen molar-refractivity contribution in [2.45, 2.75) is 52.5 Å². The van der Waals surface area contributed by atoms with Crippen LogP contribution in [0.1, 0.15) is 45.6 Å². The zero-order valence-corrected chi connectivity index (χ0v) is 13.5. The second kappa shape index (κ2) is 7.87. The van der Waals surface area contributed by atoms with Gasteiger partial charge in [-0.05, 0) is 30.4 Å². The van der Waals surface area contributed by atoms with Crippen LogP contribution in [-0.2, 0) is 6.42 Å². The van der Waals surface area contributed by atoms with Crippen molar-refractivity contribution < 1.29 is 0 Å². The molecule has 0 spiro atoms. The molecule has 1 nitrogen and oxygen atoms in total. The van der Waals surface area contributed by atoms with Gasteiger partial charge in [-0.1, -0.05) is 75.7 Å². The molecule has 0 aliphatic heterocycles. The highest BCUT2D eigenvalue weighted by molar-refractivity contribution is 5.80. The van der Waals surface area contributed by atoms with Crippen LogP contribution >= 0.6 is 0 Å². The molecule has 1 N–H and O–H groups in total. The van der Waals surface area contributed by atoms with E-state index in [1.807, 2.05) is 0 Å². The van der Waals surface area contributed by atoms with Crippen molar-refractivity contribution in [1.29, 1.82) is 0 Å². The summed E-state index contributed by atoms with van der Waals surface area (Å²) in [6.45, 7) is 6.76. The first kappa shape index (κ1) is 15.6. The molecule has 0 saturated carbocycles. The minimum absolute atomic E-state index is 0.560. The average Bonchev–Trinajstić information content (AvgIpc) is 2.55. The van der Waals surface area contributed by atoms with Crippen LogP contribution in [0, 0.1) is 0 Å². The van der Waals surface area contributed by atoms with Crippen LogP contribution in [-0.4, -0.2) is 6.04 Å². The fourth-order valence-electron chi connectivity index (χ4n) is 2.85. The highest BCUT2D eigenvalue weighted by atomic mass is 14.9. The quantitative estimate of drug-likeness (QED) is 0.665. The van der Waals surface area contributed by atoms with Crippen molar-refractivity contribution >= 4 is 5.69 Å². The Bertz CT molecular complexity index is 545. The van der Waals surface area contributed by atoms with Crippen molar-refractivity contribution in [3.63, 3.8) is 0 Å². The Morgan fingerprint density at radius 1 is 0.905 bits per heavy atom. The van der Waals surface area contributed by atoms with Crippen molar-refractivity contribution in [2.24, 2.45) is 0 Å². The molecule has 0 aliphatic rings. The number of rotatable bonds is 7. The first-order chi connectivity index (χ1) is 10.3. The van der Waals surface area contributed by atoms with Gasteiger partial charge in [-0.3, -0.25) is 0 Å². The van der Waals surface area contributed by atoms with Crippen LogP contribution in [0.15, 0.2) is 48.5 Å². The lowest BCUT2D eigenvalue weighted by Gasteiger charge is -2.23. The van der Waals surface area contributed by atoms with Crippen molar-refractivity contribution in [3.8, 4) is 11.1 Å². The number of hydrogen-bond donors (Lipinski definition) is 1. The van der Waals surface area contributed by atoms with Gasteiger partial charge in [0.15, 0.2) is 0 Å². The lowest BCUT2D eigenvalue weighted by Crippen LogP contribution is -2.19. The maximum absolute atomic E-state index is 3.82. The SMILES string of the molecule is CCCC(CC)Nc1c(CC)cccc1-c1ccccc1. The molecule has 2 aromatic rings. The fraction of sp³-hybridized carbons (Fsp3) is 0.400. The van der Waals surface area contributed by atoms with Gasteiger partial charge in [-0.25, -0.2) is 0 Å². The largest absolute Gasteiger partial charge is 0.382 e. The Labute approximate surface area is 129 Å². The minimum Gasteiger partial charge on any atom is -0.382 e. The molecule has 21 heavy (non-hydrogen) atoms. The van der Waals surface area contributed by atoms with Crippen molar-refractivity contribution in [3.05, 3.63) is 54.1 Å². The van der Waals surface area contributed by atoms with Gasteiger partial charge in [-0.15, -0.1) is 0 Å². The molecule has 1 heteroatoms. The van der Waals surface area contributed by atoms with Crippen LogP contribution in [0.4, 0.5) is 5.69 Å². The highest BCUT2D eigenvalue weighted by Gasteiger charge is 2.12. The Morgan fingerprint density at radius 2 is 1.67 bits per heavy atom. The number of hydrogen-bond acceptors (Lipinski definition) is 1. The predicted molar refractivity (Wildman–Crippen MR) is 93.9 cm³/mol. The van der Waals surface area contributed by atoms with Gasteiger partial charge in [0.2, 0.25) is 0 Å². The summed E-state index contributed by atoms with van der Waals surface area (Å²) in [7, 11) is 0. The molecular formula is C20H27N. The molecule has 0 bridgehead atoms. The second-order valence-corrected chi connectivity index (χ2v) is 5.60. The maximum Gasteiger partial charge on any atom is 0.0454 e. The molecular weight excluding hydrogens is 254 g/mol. The van der Waals surface area contributed by atoms with E-state index in [0.717, 1.165) is 6.42 Å². The molecule has 0 amide bonds. The summed E-state index contributed by atoms with van der Waals surface area (Å²) in [5.41, 5.74) is 5.35. The molecule has 0 fully saturated rings. The monoisotopic (exact) mass is 281 g/mol. The molecule has 0 aromatic heterocycles. The normalized spacial score (nSPS) is 12.1. The van der Waals surface area contributed by atoms with E-state index >= 15 is 0 Å². The van der Waals surface area contributed by atoms with Crippen LogP contribution in [0.3, 0.4) is 0 Å². The Balaban J connectivity index is 2.41. The van der Waals surface area contributed by atoms with E-state index in [-0.39, 0.29) is 0 Å². The third-order valence-corrected chi connectivity index (χ3v) is 4.09. The van der Waals surface area contributed by atoms with Gasteiger partial charge < -0.3 is 5.32 Å². The van der Waals surface area contributed by atoms with Gasteiger partial charge in [-0.2, -0.15) is 0 Å². The minimum atomic E-state index is 0.560. The summed E-state index contributed by atoms with van der Waals surface area (Å²) in [5, 5.41) is 3.82. The smallest absolute Gasteiger partial charge is 0.0454 e. The molecule has 0 heterocycles. The zero-order chi connectivity index (χ0) is 15.1. The van der Waals surface area contributed by atoms with Crippen LogP contribution < -0.4 is 5.32 Å². The Morgan fingerprint density at radius 3 is 2.29 bits per heavy atom. The summed E-state index contributed by atoms with van der Waals surface area (Å²) in [5.74, 6) is 0. The summed E-state index contributed by atoms with van der Waals surface area (Å²) >= 11 is 0. The van der Waals surface area contributed by atoms with E-state index in [9.17, 15) is 0 Å². The number of nitrogens with one attached hydrogen (secondary N) is 1. The van der Waals surface area contributed by atoms with E-state index in [1.165, 1.54) is 41.6 Å². The van der Waals surface area contributed by atoms with Gasteiger partial charge in [0.1, 0.15) is 0 Å². The lowest BCUT2D eigenvalue weighted by molar-refractivity contribution is 0.622. The lowest BCUT2D eigenvalue weighted by atomic mass is 9.97. The molecule has 1 atom stereocenters. The summed E-state index contributed by atoms with van der Waals surface area (Å²) in [4.78, 5) is 0. The summed E-state index contributed by atoms with van der Waals surface area (Å²) in [6, 6.07) is 17.9. The Hall–Kier alpha value is -1.76. The van der Waals surface area contributed by atoms with Crippen molar-refractivity contribution in [1.82, 2.24) is 0 Å². The number of anilines is 1. The molecule has 0 radical (unpaired) electrons. The van der Waals surface area contributed by atoms with E-state index < -0.39 is 0 Å².